The number of fused-ring (bicyclic) bond motifs is 1. The van der Waals surface area contributed by atoms with Crippen LogP contribution in [0.25, 0.3) is 10.1 Å². The summed E-state index contributed by atoms with van der Waals surface area (Å²) in [6.45, 7) is 1.83. The van der Waals surface area contributed by atoms with Crippen LogP contribution in [0, 0.1) is 5.82 Å². The molecule has 1 nitrogen and oxygen atoms in total. The Morgan fingerprint density at radius 2 is 2.21 bits per heavy atom. The summed E-state index contributed by atoms with van der Waals surface area (Å²) in [4.78, 5) is 12.1. The van der Waals surface area contributed by atoms with Crippen LogP contribution in [0.15, 0.2) is 24.3 Å². The maximum Gasteiger partial charge on any atom is 0.172 e. The van der Waals surface area contributed by atoms with Gasteiger partial charge in [-0.25, -0.2) is 4.39 Å². The lowest BCUT2D eigenvalue weighted by Crippen LogP contribution is -1.90. The predicted octanol–water partition coefficient (Wildman–Crippen LogP) is 3.63. The standard InChI is InChI=1S/C11H9FOS/c1-2-9(13)11-6-7-5-8(12)3-4-10(7)14-11/h3-6H,2H2,1H3. The lowest BCUT2D eigenvalue weighted by Gasteiger charge is -1.86. The number of halogens is 1. The van der Waals surface area contributed by atoms with Gasteiger partial charge in [-0.2, -0.15) is 0 Å². The van der Waals surface area contributed by atoms with Gasteiger partial charge in [-0.3, -0.25) is 4.79 Å². The second kappa shape index (κ2) is 3.50. The number of hydrogen-bond donors (Lipinski definition) is 0. The average Bonchev–Trinajstić information content (AvgIpc) is 2.59. The van der Waals surface area contributed by atoms with Gasteiger partial charge in [-0.1, -0.05) is 6.92 Å². The first kappa shape index (κ1) is 9.34. The second-order valence-corrected chi connectivity index (χ2v) is 4.15. The van der Waals surface area contributed by atoms with Crippen LogP contribution in [0.4, 0.5) is 4.39 Å². The van der Waals surface area contributed by atoms with Gasteiger partial charge in [-0.05, 0) is 29.7 Å². The van der Waals surface area contributed by atoms with Crippen LogP contribution < -0.4 is 0 Å². The summed E-state index contributed by atoms with van der Waals surface area (Å²) in [5, 5.41) is 0.812. The fourth-order valence-corrected chi connectivity index (χ4v) is 2.38. The van der Waals surface area contributed by atoms with Gasteiger partial charge in [-0.15, -0.1) is 11.3 Å². The summed E-state index contributed by atoms with van der Waals surface area (Å²) < 4.78 is 13.8. The number of carbonyl (C=O) groups excluding carboxylic acids is 1. The molecular weight excluding hydrogens is 199 g/mol. The van der Waals surface area contributed by atoms with E-state index in [-0.39, 0.29) is 11.6 Å². The molecule has 1 aromatic heterocycles. The molecule has 72 valence electrons. The molecule has 1 heterocycles. The summed E-state index contributed by atoms with van der Waals surface area (Å²) in [6, 6.07) is 6.34. The molecule has 0 N–H and O–H groups in total. The molecule has 0 atom stereocenters. The molecule has 0 saturated carbocycles. The first-order valence-electron chi connectivity index (χ1n) is 4.43. The fourth-order valence-electron chi connectivity index (χ4n) is 1.33. The first-order valence-corrected chi connectivity index (χ1v) is 5.24. The molecule has 0 spiro atoms. The first-order chi connectivity index (χ1) is 6.70. The highest BCUT2D eigenvalue weighted by Crippen LogP contribution is 2.26. The Morgan fingerprint density at radius 1 is 1.43 bits per heavy atom. The van der Waals surface area contributed by atoms with E-state index in [1.807, 2.05) is 6.92 Å². The zero-order valence-corrected chi connectivity index (χ0v) is 8.53. The molecule has 0 amide bonds. The Hall–Kier alpha value is -1.22. The van der Waals surface area contributed by atoms with E-state index in [0.717, 1.165) is 10.1 Å². The van der Waals surface area contributed by atoms with Crippen molar-refractivity contribution in [3.8, 4) is 0 Å². The van der Waals surface area contributed by atoms with Crippen LogP contribution >= 0.6 is 11.3 Å². The molecule has 0 unspecified atom stereocenters. The Bertz CT molecular complexity index is 487. The molecule has 3 heteroatoms. The van der Waals surface area contributed by atoms with Gasteiger partial charge in [0.05, 0.1) is 4.88 Å². The number of rotatable bonds is 2. The van der Waals surface area contributed by atoms with Crippen LogP contribution in [0.5, 0.6) is 0 Å². The molecule has 0 bridgehead atoms. The van der Waals surface area contributed by atoms with Crippen molar-refractivity contribution in [2.24, 2.45) is 0 Å². The maximum atomic E-state index is 12.8. The van der Waals surface area contributed by atoms with Crippen molar-refractivity contribution in [1.82, 2.24) is 0 Å². The van der Waals surface area contributed by atoms with Crippen LogP contribution in [0.2, 0.25) is 0 Å². The molecule has 0 aliphatic carbocycles. The quantitative estimate of drug-likeness (QED) is 0.689. The number of benzene rings is 1. The Kier molecular flexibility index (Phi) is 2.33. The van der Waals surface area contributed by atoms with Gasteiger partial charge < -0.3 is 0 Å². The van der Waals surface area contributed by atoms with Crippen LogP contribution in [0.3, 0.4) is 0 Å². The molecule has 0 aliphatic rings. The average molecular weight is 208 g/mol. The van der Waals surface area contributed by atoms with Crippen LogP contribution in [-0.2, 0) is 0 Å². The second-order valence-electron chi connectivity index (χ2n) is 3.07. The third-order valence-electron chi connectivity index (χ3n) is 2.07. The fraction of sp³-hybridized carbons (Fsp3) is 0.182. The largest absolute Gasteiger partial charge is 0.293 e. The monoisotopic (exact) mass is 208 g/mol. The van der Waals surface area contributed by atoms with Crippen molar-refractivity contribution in [1.29, 1.82) is 0 Å². The number of carbonyl (C=O) groups is 1. The predicted molar refractivity (Wildman–Crippen MR) is 56.4 cm³/mol. The van der Waals surface area contributed by atoms with Crippen LogP contribution in [-0.4, -0.2) is 5.78 Å². The van der Waals surface area contributed by atoms with Gasteiger partial charge in [0.15, 0.2) is 5.78 Å². The summed E-state index contributed by atoms with van der Waals surface area (Å²) in [7, 11) is 0. The minimum absolute atomic E-state index is 0.117. The molecule has 0 radical (unpaired) electrons. The normalized spacial score (nSPS) is 10.7. The van der Waals surface area contributed by atoms with Crippen LogP contribution in [0.1, 0.15) is 23.0 Å². The molecule has 0 saturated heterocycles. The van der Waals surface area contributed by atoms with Gasteiger partial charge in [0, 0.05) is 11.1 Å². The highest BCUT2D eigenvalue weighted by atomic mass is 32.1. The zero-order valence-electron chi connectivity index (χ0n) is 7.71. The Morgan fingerprint density at radius 3 is 2.93 bits per heavy atom. The SMILES string of the molecule is CCC(=O)c1cc2cc(F)ccc2s1. The number of ketones is 1. The minimum atomic E-state index is -0.259. The topological polar surface area (TPSA) is 17.1 Å². The Balaban J connectivity index is 2.56. The number of hydrogen-bond acceptors (Lipinski definition) is 2. The zero-order chi connectivity index (χ0) is 10.1. The lowest BCUT2D eigenvalue weighted by atomic mass is 10.2. The van der Waals surface area contributed by atoms with Gasteiger partial charge >= 0.3 is 0 Å². The third kappa shape index (κ3) is 1.55. The molecule has 0 fully saturated rings. The highest BCUT2D eigenvalue weighted by molar-refractivity contribution is 7.20. The summed E-state index contributed by atoms with van der Waals surface area (Å²) in [6.07, 6.45) is 0.495. The van der Waals surface area contributed by atoms with Crippen molar-refractivity contribution >= 4 is 27.2 Å². The van der Waals surface area contributed by atoms with Crippen molar-refractivity contribution < 1.29 is 9.18 Å². The van der Waals surface area contributed by atoms with E-state index in [2.05, 4.69) is 0 Å². The minimum Gasteiger partial charge on any atom is -0.293 e. The van der Waals surface area contributed by atoms with E-state index in [0.29, 0.717) is 11.3 Å². The molecule has 14 heavy (non-hydrogen) atoms. The summed E-state index contributed by atoms with van der Waals surface area (Å²) in [5.74, 6) is -0.141. The molecule has 1 aromatic carbocycles. The van der Waals surface area contributed by atoms with Crippen molar-refractivity contribution in [3.05, 3.63) is 35.0 Å². The smallest absolute Gasteiger partial charge is 0.172 e. The van der Waals surface area contributed by atoms with Crippen molar-refractivity contribution in [3.63, 3.8) is 0 Å². The van der Waals surface area contributed by atoms with Gasteiger partial charge in [0.1, 0.15) is 5.82 Å². The molecular formula is C11H9FOS. The molecule has 0 aliphatic heterocycles. The van der Waals surface area contributed by atoms with Crippen molar-refractivity contribution in [2.45, 2.75) is 13.3 Å². The van der Waals surface area contributed by atoms with E-state index in [1.165, 1.54) is 23.5 Å². The maximum absolute atomic E-state index is 12.8. The van der Waals surface area contributed by atoms with E-state index < -0.39 is 0 Å². The number of Topliss-reactive ketones (excluding diaryl/α,β-unsaturated/α-hetero) is 1. The number of thiophene rings is 1. The van der Waals surface area contributed by atoms with E-state index >= 15 is 0 Å². The van der Waals surface area contributed by atoms with Gasteiger partial charge in [0.25, 0.3) is 0 Å². The molecule has 2 rings (SSSR count). The van der Waals surface area contributed by atoms with E-state index in [4.69, 9.17) is 0 Å². The van der Waals surface area contributed by atoms with Crippen molar-refractivity contribution in [2.75, 3.05) is 0 Å². The van der Waals surface area contributed by atoms with E-state index in [1.54, 1.807) is 12.1 Å². The lowest BCUT2D eigenvalue weighted by molar-refractivity contribution is 0.0992. The molecule has 2 aromatic rings. The Labute approximate surface area is 85.2 Å². The van der Waals surface area contributed by atoms with Gasteiger partial charge in [0.2, 0.25) is 0 Å². The summed E-state index contributed by atoms with van der Waals surface area (Å²) in [5.41, 5.74) is 0. The van der Waals surface area contributed by atoms with E-state index in [9.17, 15) is 9.18 Å². The third-order valence-corrected chi connectivity index (χ3v) is 3.23. The highest BCUT2D eigenvalue weighted by Gasteiger charge is 2.08. The summed E-state index contributed by atoms with van der Waals surface area (Å²) >= 11 is 1.42.